The largest absolute Gasteiger partial charge is 0.496 e. The zero-order valence-corrected chi connectivity index (χ0v) is 11.9. The van der Waals surface area contributed by atoms with E-state index in [1.54, 1.807) is 7.11 Å². The molecule has 1 heterocycles. The Morgan fingerprint density at radius 2 is 2.35 bits per heavy atom. The molecule has 1 aliphatic heterocycles. The summed E-state index contributed by atoms with van der Waals surface area (Å²) in [6.45, 7) is 3.00. The van der Waals surface area contributed by atoms with Crippen molar-refractivity contribution in [3.8, 4) is 5.75 Å². The molecule has 0 bridgehead atoms. The van der Waals surface area contributed by atoms with Gasteiger partial charge in [0.05, 0.1) is 19.6 Å². The molecule has 0 saturated carbocycles. The molecule has 0 radical (unpaired) electrons. The third kappa shape index (κ3) is 3.70. The Kier molecular flexibility index (Phi) is 4.95. The lowest BCUT2D eigenvalue weighted by Crippen LogP contribution is -2.51. The number of amides is 1. The summed E-state index contributed by atoms with van der Waals surface area (Å²) in [5.74, 6) is 0.617. The summed E-state index contributed by atoms with van der Waals surface area (Å²) in [5, 5.41) is 5.74. The van der Waals surface area contributed by atoms with E-state index in [0.29, 0.717) is 13.0 Å². The average molecular weight is 280 g/mol. The molecule has 2 unspecified atom stereocenters. The second-order valence-corrected chi connectivity index (χ2v) is 5.16. The van der Waals surface area contributed by atoms with Crippen LogP contribution in [0.3, 0.4) is 0 Å². The van der Waals surface area contributed by atoms with Crippen LogP contribution in [0.1, 0.15) is 17.5 Å². The molecule has 1 amide bonds. The van der Waals surface area contributed by atoms with E-state index in [1.807, 2.05) is 25.1 Å². The van der Waals surface area contributed by atoms with Crippen molar-refractivity contribution in [2.75, 3.05) is 20.2 Å². The third-order valence-electron chi connectivity index (χ3n) is 3.59. The first-order chi connectivity index (χ1) is 9.60. The normalized spacial score (nSPS) is 22.4. The highest BCUT2D eigenvalue weighted by Gasteiger charge is 2.25. The van der Waals surface area contributed by atoms with Gasteiger partial charge in [-0.3, -0.25) is 4.79 Å². The summed E-state index contributed by atoms with van der Waals surface area (Å²) in [7, 11) is 1.61. The van der Waals surface area contributed by atoms with Gasteiger partial charge in [0, 0.05) is 6.54 Å². The van der Waals surface area contributed by atoms with Crippen molar-refractivity contribution < 1.29 is 13.9 Å². The minimum atomic E-state index is -1.01. The number of benzene rings is 1. The van der Waals surface area contributed by atoms with E-state index in [2.05, 4.69) is 10.6 Å². The predicted molar refractivity (Wildman–Crippen MR) is 75.7 cm³/mol. The fourth-order valence-electron chi connectivity index (χ4n) is 2.40. The van der Waals surface area contributed by atoms with Crippen LogP contribution in [0.5, 0.6) is 5.75 Å². The molecule has 4 nitrogen and oxygen atoms in total. The number of carbonyl (C=O) groups is 1. The molecule has 0 aromatic heterocycles. The van der Waals surface area contributed by atoms with Gasteiger partial charge >= 0.3 is 0 Å². The van der Waals surface area contributed by atoms with E-state index in [4.69, 9.17) is 4.74 Å². The van der Waals surface area contributed by atoms with Gasteiger partial charge in [0.25, 0.3) is 0 Å². The van der Waals surface area contributed by atoms with Crippen LogP contribution in [0.2, 0.25) is 0 Å². The van der Waals surface area contributed by atoms with E-state index in [-0.39, 0.29) is 18.4 Å². The van der Waals surface area contributed by atoms with Crippen LogP contribution in [-0.2, 0) is 11.2 Å². The summed E-state index contributed by atoms with van der Waals surface area (Å²) >= 11 is 0. The fraction of sp³-hybridized carbons (Fsp3) is 0.533. The van der Waals surface area contributed by atoms with Crippen molar-refractivity contribution in [1.29, 1.82) is 0 Å². The van der Waals surface area contributed by atoms with Gasteiger partial charge in [0.15, 0.2) is 0 Å². The number of methoxy groups -OCH3 is 1. The van der Waals surface area contributed by atoms with Crippen molar-refractivity contribution in [1.82, 2.24) is 10.6 Å². The lowest BCUT2D eigenvalue weighted by atomic mass is 10.0. The average Bonchev–Trinajstić information content (AvgIpc) is 2.43. The molecule has 0 spiro atoms. The Bertz CT molecular complexity index is 479. The summed E-state index contributed by atoms with van der Waals surface area (Å²) < 4.78 is 18.9. The highest BCUT2D eigenvalue weighted by atomic mass is 19.1. The monoisotopic (exact) mass is 280 g/mol. The lowest BCUT2D eigenvalue weighted by molar-refractivity contribution is -0.121. The Balaban J connectivity index is 1.94. The molecule has 2 N–H and O–H groups in total. The number of ether oxygens (including phenoxy) is 1. The molecule has 2 atom stereocenters. The number of piperidine rings is 1. The van der Waals surface area contributed by atoms with Crippen LogP contribution < -0.4 is 15.4 Å². The molecule has 5 heteroatoms. The number of rotatable bonds is 4. The summed E-state index contributed by atoms with van der Waals surface area (Å²) in [6, 6.07) is 5.29. The van der Waals surface area contributed by atoms with Gasteiger partial charge in [-0.2, -0.15) is 0 Å². The van der Waals surface area contributed by atoms with Crippen molar-refractivity contribution in [2.45, 2.75) is 32.0 Å². The Morgan fingerprint density at radius 1 is 1.55 bits per heavy atom. The second-order valence-electron chi connectivity index (χ2n) is 5.16. The topological polar surface area (TPSA) is 50.4 Å². The van der Waals surface area contributed by atoms with Gasteiger partial charge in [0.1, 0.15) is 11.9 Å². The maximum absolute atomic E-state index is 13.6. The molecule has 110 valence electrons. The first-order valence-corrected chi connectivity index (χ1v) is 6.88. The van der Waals surface area contributed by atoms with Crippen LogP contribution >= 0.6 is 0 Å². The van der Waals surface area contributed by atoms with E-state index in [1.165, 1.54) is 0 Å². The molecule has 1 aromatic carbocycles. The minimum Gasteiger partial charge on any atom is -0.496 e. The maximum Gasteiger partial charge on any atom is 0.224 e. The third-order valence-corrected chi connectivity index (χ3v) is 3.59. The van der Waals surface area contributed by atoms with Crippen LogP contribution in [0.25, 0.3) is 0 Å². The summed E-state index contributed by atoms with van der Waals surface area (Å²) in [6.07, 6.45) is -0.141. The number of carbonyl (C=O) groups excluding carboxylic acids is 1. The number of aryl methyl sites for hydroxylation is 1. The molecule has 2 rings (SSSR count). The Morgan fingerprint density at radius 3 is 3.05 bits per heavy atom. The number of hydrogen-bond donors (Lipinski definition) is 2. The van der Waals surface area contributed by atoms with Crippen LogP contribution in [0, 0.1) is 6.92 Å². The van der Waals surface area contributed by atoms with E-state index in [0.717, 1.165) is 23.4 Å². The van der Waals surface area contributed by atoms with Crippen LogP contribution in [0.15, 0.2) is 18.2 Å². The van der Waals surface area contributed by atoms with Crippen LogP contribution in [0.4, 0.5) is 4.39 Å². The van der Waals surface area contributed by atoms with Gasteiger partial charge in [0.2, 0.25) is 5.91 Å². The maximum atomic E-state index is 13.6. The van der Waals surface area contributed by atoms with Gasteiger partial charge in [-0.05, 0) is 37.1 Å². The highest BCUT2D eigenvalue weighted by Crippen LogP contribution is 2.19. The fourth-order valence-corrected chi connectivity index (χ4v) is 2.40. The molecule has 1 aliphatic rings. The molecule has 1 fully saturated rings. The van der Waals surface area contributed by atoms with Crippen molar-refractivity contribution in [3.63, 3.8) is 0 Å². The molecule has 1 aromatic rings. The van der Waals surface area contributed by atoms with Gasteiger partial charge < -0.3 is 15.4 Å². The SMILES string of the molecule is COc1cc(CC(=O)NC2CCNCC2F)ccc1C. The number of nitrogens with one attached hydrogen (secondary N) is 2. The first-order valence-electron chi connectivity index (χ1n) is 6.88. The van der Waals surface area contributed by atoms with Crippen LogP contribution in [-0.4, -0.2) is 38.3 Å². The quantitative estimate of drug-likeness (QED) is 0.875. The number of halogens is 1. The molecular formula is C15H21FN2O2. The molecule has 20 heavy (non-hydrogen) atoms. The van der Waals surface area contributed by atoms with Gasteiger partial charge in [-0.15, -0.1) is 0 Å². The zero-order chi connectivity index (χ0) is 14.5. The Hall–Kier alpha value is -1.62. The van der Waals surface area contributed by atoms with Gasteiger partial charge in [-0.25, -0.2) is 4.39 Å². The first kappa shape index (κ1) is 14.8. The predicted octanol–water partition coefficient (Wildman–Crippen LogP) is 1.36. The smallest absolute Gasteiger partial charge is 0.224 e. The van der Waals surface area contributed by atoms with Crippen molar-refractivity contribution in [3.05, 3.63) is 29.3 Å². The number of hydrogen-bond acceptors (Lipinski definition) is 3. The Labute approximate surface area is 118 Å². The minimum absolute atomic E-state index is 0.148. The van der Waals surface area contributed by atoms with E-state index < -0.39 is 6.17 Å². The number of alkyl halides is 1. The van der Waals surface area contributed by atoms with Crippen molar-refractivity contribution in [2.24, 2.45) is 0 Å². The molecule has 0 aliphatic carbocycles. The molecule has 1 saturated heterocycles. The second kappa shape index (κ2) is 6.70. The zero-order valence-electron chi connectivity index (χ0n) is 11.9. The highest BCUT2D eigenvalue weighted by molar-refractivity contribution is 5.79. The molecular weight excluding hydrogens is 259 g/mol. The van der Waals surface area contributed by atoms with Gasteiger partial charge in [-0.1, -0.05) is 12.1 Å². The van der Waals surface area contributed by atoms with E-state index in [9.17, 15) is 9.18 Å². The standard InChI is InChI=1S/C15H21FN2O2/c1-10-3-4-11(7-14(10)20-2)8-15(19)18-13-5-6-17-9-12(13)16/h3-4,7,12-13,17H,5-6,8-9H2,1-2H3,(H,18,19). The lowest BCUT2D eigenvalue weighted by Gasteiger charge is -2.27. The summed E-state index contributed by atoms with van der Waals surface area (Å²) in [5.41, 5.74) is 1.90. The summed E-state index contributed by atoms with van der Waals surface area (Å²) in [4.78, 5) is 12.0. The van der Waals surface area contributed by atoms with Crippen molar-refractivity contribution >= 4 is 5.91 Å². The van der Waals surface area contributed by atoms with E-state index >= 15 is 0 Å².